The third-order valence-electron chi connectivity index (χ3n) is 3.77. The van der Waals surface area contributed by atoms with Crippen LogP contribution >= 0.6 is 0 Å². The summed E-state index contributed by atoms with van der Waals surface area (Å²) < 4.78 is 0. The Morgan fingerprint density at radius 1 is 1.16 bits per heavy atom. The molecule has 0 saturated heterocycles. The first-order valence-corrected chi connectivity index (χ1v) is 8.62. The molecule has 25 heavy (non-hydrogen) atoms. The highest BCUT2D eigenvalue weighted by atomic mass is 16.1. The molecule has 1 aromatic carbocycles. The molecule has 0 fully saturated rings. The maximum absolute atomic E-state index is 12.4. The maximum atomic E-state index is 12.4. The summed E-state index contributed by atoms with van der Waals surface area (Å²) in [5.41, 5.74) is 2.19. The zero-order valence-corrected chi connectivity index (χ0v) is 15.5. The lowest BCUT2D eigenvalue weighted by Crippen LogP contribution is -2.29. The van der Waals surface area contributed by atoms with Crippen molar-refractivity contribution in [2.24, 2.45) is 0 Å². The van der Waals surface area contributed by atoms with Crippen LogP contribution in [-0.4, -0.2) is 54.5 Å². The number of benzene rings is 1. The molecule has 0 radical (unpaired) electrons. The molecule has 2 aromatic rings. The summed E-state index contributed by atoms with van der Waals surface area (Å²) in [6.07, 6.45) is 0.904. The SMILES string of the molecule is CCN(c1ccccc1)c1nc(C)cc(C(=O)NCCCN(C)C)n1. The van der Waals surface area contributed by atoms with Crippen molar-refractivity contribution in [3.05, 3.63) is 47.8 Å². The van der Waals surface area contributed by atoms with Gasteiger partial charge in [0.2, 0.25) is 5.95 Å². The number of anilines is 2. The van der Waals surface area contributed by atoms with Crippen LogP contribution in [0.4, 0.5) is 11.6 Å². The summed E-state index contributed by atoms with van der Waals surface area (Å²) in [5.74, 6) is 0.391. The van der Waals surface area contributed by atoms with E-state index in [9.17, 15) is 4.79 Å². The number of carbonyl (C=O) groups excluding carboxylic acids is 1. The zero-order valence-electron chi connectivity index (χ0n) is 15.5. The predicted molar refractivity (Wildman–Crippen MR) is 101 cm³/mol. The second-order valence-electron chi connectivity index (χ2n) is 6.19. The Balaban J connectivity index is 2.15. The fraction of sp³-hybridized carbons (Fsp3) is 0.421. The van der Waals surface area contributed by atoms with Crippen molar-refractivity contribution in [2.45, 2.75) is 20.3 Å². The van der Waals surface area contributed by atoms with Crippen molar-refractivity contribution in [3.63, 3.8) is 0 Å². The van der Waals surface area contributed by atoms with Gasteiger partial charge in [0.05, 0.1) is 0 Å². The lowest BCUT2D eigenvalue weighted by molar-refractivity contribution is 0.0947. The van der Waals surface area contributed by atoms with E-state index in [1.165, 1.54) is 0 Å². The third-order valence-corrected chi connectivity index (χ3v) is 3.77. The van der Waals surface area contributed by atoms with Crippen molar-refractivity contribution in [1.82, 2.24) is 20.2 Å². The number of aromatic nitrogens is 2. The molecule has 134 valence electrons. The van der Waals surface area contributed by atoms with Gasteiger partial charge < -0.3 is 15.1 Å². The van der Waals surface area contributed by atoms with Crippen molar-refractivity contribution < 1.29 is 4.79 Å². The van der Waals surface area contributed by atoms with Gasteiger partial charge in [0, 0.05) is 24.5 Å². The van der Waals surface area contributed by atoms with E-state index in [2.05, 4.69) is 20.2 Å². The van der Waals surface area contributed by atoms with Gasteiger partial charge in [-0.1, -0.05) is 18.2 Å². The molecule has 0 atom stereocenters. The summed E-state index contributed by atoms with van der Waals surface area (Å²) in [5, 5.41) is 2.93. The van der Waals surface area contributed by atoms with E-state index in [0.29, 0.717) is 18.2 Å². The van der Waals surface area contributed by atoms with Crippen LogP contribution < -0.4 is 10.2 Å². The molecule has 1 N–H and O–H groups in total. The van der Waals surface area contributed by atoms with Crippen molar-refractivity contribution in [2.75, 3.05) is 38.6 Å². The van der Waals surface area contributed by atoms with Gasteiger partial charge in [-0.15, -0.1) is 0 Å². The number of hydrogen-bond acceptors (Lipinski definition) is 5. The highest BCUT2D eigenvalue weighted by Crippen LogP contribution is 2.21. The molecular formula is C19H27N5O. The first-order valence-electron chi connectivity index (χ1n) is 8.62. The highest BCUT2D eigenvalue weighted by molar-refractivity contribution is 5.92. The van der Waals surface area contributed by atoms with Gasteiger partial charge in [-0.25, -0.2) is 9.97 Å². The average molecular weight is 341 g/mol. The number of nitrogens with zero attached hydrogens (tertiary/aromatic N) is 4. The molecule has 0 aliphatic heterocycles. The summed E-state index contributed by atoms with van der Waals surface area (Å²) in [7, 11) is 4.04. The van der Waals surface area contributed by atoms with Gasteiger partial charge in [0.15, 0.2) is 0 Å². The van der Waals surface area contributed by atoms with E-state index in [-0.39, 0.29) is 5.91 Å². The quantitative estimate of drug-likeness (QED) is 0.748. The van der Waals surface area contributed by atoms with E-state index >= 15 is 0 Å². The second kappa shape index (κ2) is 9.13. The molecule has 1 heterocycles. The smallest absolute Gasteiger partial charge is 0.270 e. The molecule has 6 heteroatoms. The van der Waals surface area contributed by atoms with Gasteiger partial charge >= 0.3 is 0 Å². The summed E-state index contributed by atoms with van der Waals surface area (Å²) in [4.78, 5) is 25.5. The zero-order chi connectivity index (χ0) is 18.2. The Hall–Kier alpha value is -2.47. The fourth-order valence-corrected chi connectivity index (χ4v) is 2.53. The minimum absolute atomic E-state index is 0.158. The van der Waals surface area contributed by atoms with Crippen LogP contribution in [0.15, 0.2) is 36.4 Å². The molecule has 2 rings (SSSR count). The number of para-hydroxylation sites is 1. The Labute approximate surface area is 149 Å². The van der Waals surface area contributed by atoms with Crippen molar-refractivity contribution in [1.29, 1.82) is 0 Å². The second-order valence-corrected chi connectivity index (χ2v) is 6.19. The van der Waals surface area contributed by atoms with E-state index in [1.54, 1.807) is 6.07 Å². The van der Waals surface area contributed by atoms with E-state index in [0.717, 1.165) is 30.9 Å². The number of carbonyl (C=O) groups is 1. The van der Waals surface area contributed by atoms with Crippen LogP contribution in [0.3, 0.4) is 0 Å². The van der Waals surface area contributed by atoms with Crippen LogP contribution in [-0.2, 0) is 0 Å². The van der Waals surface area contributed by atoms with Gasteiger partial charge in [-0.05, 0) is 59.1 Å². The minimum atomic E-state index is -0.158. The number of aryl methyl sites for hydroxylation is 1. The Kier molecular flexibility index (Phi) is 6.89. The molecule has 0 aliphatic carbocycles. The number of nitrogens with one attached hydrogen (secondary N) is 1. The molecule has 0 spiro atoms. The van der Waals surface area contributed by atoms with Crippen molar-refractivity contribution in [3.8, 4) is 0 Å². The van der Waals surface area contributed by atoms with Gasteiger partial charge in [-0.2, -0.15) is 0 Å². The fourth-order valence-electron chi connectivity index (χ4n) is 2.53. The molecular weight excluding hydrogens is 314 g/mol. The van der Waals surface area contributed by atoms with Crippen LogP contribution in [0.5, 0.6) is 0 Å². The van der Waals surface area contributed by atoms with Crippen LogP contribution in [0.1, 0.15) is 29.5 Å². The molecule has 1 amide bonds. The minimum Gasteiger partial charge on any atom is -0.351 e. The summed E-state index contributed by atoms with van der Waals surface area (Å²) in [6, 6.07) is 11.7. The number of amides is 1. The Morgan fingerprint density at radius 3 is 2.52 bits per heavy atom. The lowest BCUT2D eigenvalue weighted by Gasteiger charge is -2.21. The lowest BCUT2D eigenvalue weighted by atomic mass is 10.3. The van der Waals surface area contributed by atoms with Gasteiger partial charge in [-0.3, -0.25) is 4.79 Å². The third kappa shape index (κ3) is 5.53. The van der Waals surface area contributed by atoms with Crippen LogP contribution in [0.25, 0.3) is 0 Å². The predicted octanol–water partition coefficient (Wildman–Crippen LogP) is 2.62. The molecule has 0 bridgehead atoms. The van der Waals surface area contributed by atoms with E-state index in [1.807, 2.05) is 63.2 Å². The van der Waals surface area contributed by atoms with E-state index in [4.69, 9.17) is 0 Å². The van der Waals surface area contributed by atoms with Crippen LogP contribution in [0.2, 0.25) is 0 Å². The largest absolute Gasteiger partial charge is 0.351 e. The molecule has 0 unspecified atom stereocenters. The Morgan fingerprint density at radius 2 is 1.88 bits per heavy atom. The number of hydrogen-bond donors (Lipinski definition) is 1. The molecule has 1 aromatic heterocycles. The maximum Gasteiger partial charge on any atom is 0.270 e. The van der Waals surface area contributed by atoms with E-state index < -0.39 is 0 Å². The number of rotatable bonds is 8. The van der Waals surface area contributed by atoms with Crippen molar-refractivity contribution >= 4 is 17.5 Å². The van der Waals surface area contributed by atoms with Gasteiger partial charge in [0.25, 0.3) is 5.91 Å². The standard InChI is InChI=1S/C19H27N5O/c1-5-24(16-10-7-6-8-11-16)19-21-15(2)14-17(22-19)18(25)20-12-9-13-23(3)4/h6-8,10-11,14H,5,9,12-13H2,1-4H3,(H,20,25). The summed E-state index contributed by atoms with van der Waals surface area (Å²) in [6.45, 7) is 6.21. The average Bonchev–Trinajstić information content (AvgIpc) is 2.59. The monoisotopic (exact) mass is 341 g/mol. The molecule has 6 nitrogen and oxygen atoms in total. The first-order chi connectivity index (χ1) is 12.0. The van der Waals surface area contributed by atoms with Crippen LogP contribution in [0, 0.1) is 6.92 Å². The van der Waals surface area contributed by atoms with Gasteiger partial charge in [0.1, 0.15) is 5.69 Å². The molecule has 0 aliphatic rings. The Bertz CT molecular complexity index is 687. The summed E-state index contributed by atoms with van der Waals surface area (Å²) >= 11 is 0. The normalized spacial score (nSPS) is 10.8. The topological polar surface area (TPSA) is 61.4 Å². The molecule has 0 saturated carbocycles. The first kappa shape index (κ1) is 18.9. The highest BCUT2D eigenvalue weighted by Gasteiger charge is 2.15.